The van der Waals surface area contributed by atoms with E-state index >= 15 is 0 Å². The number of hydrogen-bond acceptors (Lipinski definition) is 2. The van der Waals surface area contributed by atoms with Crippen molar-refractivity contribution in [1.29, 1.82) is 0 Å². The molecule has 0 aliphatic heterocycles. The van der Waals surface area contributed by atoms with Gasteiger partial charge in [0.2, 0.25) is 0 Å². The van der Waals surface area contributed by atoms with Crippen molar-refractivity contribution in [3.8, 4) is 0 Å². The van der Waals surface area contributed by atoms with Crippen LogP contribution in [0.1, 0.15) is 35.8 Å². The zero-order valence-electron chi connectivity index (χ0n) is 9.11. The van der Waals surface area contributed by atoms with Crippen LogP contribution in [-0.4, -0.2) is 29.9 Å². The second kappa shape index (κ2) is 4.22. The summed E-state index contributed by atoms with van der Waals surface area (Å²) in [6.07, 6.45) is 1.77. The van der Waals surface area contributed by atoms with E-state index in [9.17, 15) is 4.79 Å². The Bertz CT molecular complexity index is 315. The molecule has 76 valence electrons. The van der Waals surface area contributed by atoms with Crippen LogP contribution in [0.2, 0.25) is 0 Å². The van der Waals surface area contributed by atoms with E-state index in [0.29, 0.717) is 11.6 Å². The minimum atomic E-state index is -0.0553. The Morgan fingerprint density at radius 3 is 2.36 bits per heavy atom. The van der Waals surface area contributed by atoms with Gasteiger partial charge in [-0.3, -0.25) is 9.78 Å². The van der Waals surface area contributed by atoms with Gasteiger partial charge in [0.25, 0.3) is 5.91 Å². The molecule has 0 aromatic carbocycles. The van der Waals surface area contributed by atoms with Gasteiger partial charge in [-0.1, -0.05) is 19.9 Å². The number of carbonyl (C=O) groups excluding carboxylic acids is 1. The average molecular weight is 192 g/mol. The largest absolute Gasteiger partial charge is 0.343 e. The average Bonchev–Trinajstić information content (AvgIpc) is 2.16. The maximum absolute atomic E-state index is 11.5. The normalized spacial score (nSPS) is 10.4. The van der Waals surface area contributed by atoms with Crippen molar-refractivity contribution >= 4 is 5.91 Å². The van der Waals surface area contributed by atoms with Crippen molar-refractivity contribution in [2.45, 2.75) is 19.8 Å². The molecule has 1 rings (SSSR count). The van der Waals surface area contributed by atoms with Crippen molar-refractivity contribution in [2.75, 3.05) is 14.1 Å². The van der Waals surface area contributed by atoms with Gasteiger partial charge in [-0.25, -0.2) is 0 Å². The van der Waals surface area contributed by atoms with Crippen LogP contribution < -0.4 is 0 Å². The number of aromatic nitrogens is 1. The van der Waals surface area contributed by atoms with Crippen LogP contribution in [0.5, 0.6) is 0 Å². The maximum Gasteiger partial charge on any atom is 0.271 e. The van der Waals surface area contributed by atoms with E-state index in [4.69, 9.17) is 0 Å². The maximum atomic E-state index is 11.5. The summed E-state index contributed by atoms with van der Waals surface area (Å²) in [5.41, 5.74) is 1.65. The molecule has 0 aliphatic rings. The third kappa shape index (κ3) is 2.31. The van der Waals surface area contributed by atoms with Crippen molar-refractivity contribution in [3.05, 3.63) is 29.6 Å². The van der Waals surface area contributed by atoms with E-state index in [1.807, 2.05) is 6.07 Å². The van der Waals surface area contributed by atoms with Crippen LogP contribution in [0.4, 0.5) is 0 Å². The van der Waals surface area contributed by atoms with Gasteiger partial charge in [-0.15, -0.1) is 0 Å². The van der Waals surface area contributed by atoms with Gasteiger partial charge in [-0.2, -0.15) is 0 Å². The number of pyridine rings is 1. The van der Waals surface area contributed by atoms with Gasteiger partial charge in [0.05, 0.1) is 0 Å². The molecule has 0 spiro atoms. The molecule has 0 atom stereocenters. The first-order valence-electron chi connectivity index (χ1n) is 4.70. The van der Waals surface area contributed by atoms with E-state index in [2.05, 4.69) is 18.8 Å². The molecule has 0 saturated heterocycles. The Hall–Kier alpha value is -1.38. The van der Waals surface area contributed by atoms with Crippen LogP contribution in [-0.2, 0) is 0 Å². The smallest absolute Gasteiger partial charge is 0.271 e. The lowest BCUT2D eigenvalue weighted by atomic mass is 10.1. The van der Waals surface area contributed by atoms with Crippen molar-refractivity contribution in [2.24, 2.45) is 0 Å². The first kappa shape index (κ1) is 10.7. The van der Waals surface area contributed by atoms with Crippen molar-refractivity contribution in [3.63, 3.8) is 0 Å². The third-order valence-corrected chi connectivity index (χ3v) is 2.08. The lowest BCUT2D eigenvalue weighted by Crippen LogP contribution is -2.22. The zero-order valence-corrected chi connectivity index (χ0v) is 9.11. The fourth-order valence-electron chi connectivity index (χ4n) is 1.10. The van der Waals surface area contributed by atoms with Crippen LogP contribution in [0.25, 0.3) is 0 Å². The first-order valence-corrected chi connectivity index (χ1v) is 4.70. The molecule has 1 heterocycles. The summed E-state index contributed by atoms with van der Waals surface area (Å²) in [5, 5.41) is 0. The highest BCUT2D eigenvalue weighted by Crippen LogP contribution is 2.12. The standard InChI is InChI=1S/C11H16N2O/c1-8(2)9-5-6-10(12-7-9)11(14)13(3)4/h5-8H,1-4H3. The van der Waals surface area contributed by atoms with Crippen molar-refractivity contribution in [1.82, 2.24) is 9.88 Å². The summed E-state index contributed by atoms with van der Waals surface area (Å²) in [6.45, 7) is 4.20. The van der Waals surface area contributed by atoms with E-state index in [0.717, 1.165) is 5.56 Å². The molecule has 0 N–H and O–H groups in total. The van der Waals surface area contributed by atoms with Gasteiger partial charge in [0, 0.05) is 20.3 Å². The Balaban J connectivity index is 2.89. The molecular weight excluding hydrogens is 176 g/mol. The third-order valence-electron chi connectivity index (χ3n) is 2.08. The Morgan fingerprint density at radius 1 is 1.36 bits per heavy atom. The summed E-state index contributed by atoms with van der Waals surface area (Å²) in [5.74, 6) is 0.395. The number of carbonyl (C=O) groups is 1. The lowest BCUT2D eigenvalue weighted by Gasteiger charge is -2.10. The van der Waals surface area contributed by atoms with E-state index in [1.54, 1.807) is 26.4 Å². The van der Waals surface area contributed by atoms with Gasteiger partial charge in [-0.05, 0) is 17.5 Å². The Kier molecular flexibility index (Phi) is 3.23. The second-order valence-electron chi connectivity index (χ2n) is 3.83. The minimum Gasteiger partial charge on any atom is -0.343 e. The summed E-state index contributed by atoms with van der Waals surface area (Å²) >= 11 is 0. The zero-order chi connectivity index (χ0) is 10.7. The molecule has 0 radical (unpaired) electrons. The highest BCUT2D eigenvalue weighted by Gasteiger charge is 2.09. The first-order chi connectivity index (χ1) is 6.52. The molecule has 0 fully saturated rings. The minimum absolute atomic E-state index is 0.0553. The van der Waals surface area contributed by atoms with Crippen LogP contribution in [0, 0.1) is 0 Å². The predicted molar refractivity (Wildman–Crippen MR) is 56.3 cm³/mol. The Labute approximate surface area is 84.8 Å². The second-order valence-corrected chi connectivity index (χ2v) is 3.83. The molecule has 0 saturated carbocycles. The predicted octanol–water partition coefficient (Wildman–Crippen LogP) is 1.91. The van der Waals surface area contributed by atoms with E-state index < -0.39 is 0 Å². The van der Waals surface area contributed by atoms with Crippen molar-refractivity contribution < 1.29 is 4.79 Å². The SMILES string of the molecule is CC(C)c1ccc(C(=O)N(C)C)nc1. The molecule has 1 amide bonds. The summed E-state index contributed by atoms with van der Waals surface area (Å²) in [7, 11) is 3.45. The van der Waals surface area contributed by atoms with E-state index in [-0.39, 0.29) is 5.91 Å². The highest BCUT2D eigenvalue weighted by atomic mass is 16.2. The molecule has 0 unspecified atom stereocenters. The molecule has 3 heteroatoms. The molecule has 3 nitrogen and oxygen atoms in total. The van der Waals surface area contributed by atoms with Gasteiger partial charge < -0.3 is 4.90 Å². The molecule has 1 aromatic heterocycles. The number of amides is 1. The molecular formula is C11H16N2O. The molecule has 0 aliphatic carbocycles. The van der Waals surface area contributed by atoms with Crippen LogP contribution >= 0.6 is 0 Å². The topological polar surface area (TPSA) is 33.2 Å². The molecule has 0 bridgehead atoms. The fourth-order valence-corrected chi connectivity index (χ4v) is 1.10. The Morgan fingerprint density at radius 2 is 2.00 bits per heavy atom. The quantitative estimate of drug-likeness (QED) is 0.717. The highest BCUT2D eigenvalue weighted by molar-refractivity contribution is 5.91. The number of rotatable bonds is 2. The monoisotopic (exact) mass is 192 g/mol. The summed E-state index contributed by atoms with van der Waals surface area (Å²) in [4.78, 5) is 17.1. The van der Waals surface area contributed by atoms with E-state index in [1.165, 1.54) is 4.90 Å². The van der Waals surface area contributed by atoms with Gasteiger partial charge in [0.15, 0.2) is 0 Å². The van der Waals surface area contributed by atoms with Crippen LogP contribution in [0.3, 0.4) is 0 Å². The number of hydrogen-bond donors (Lipinski definition) is 0. The van der Waals surface area contributed by atoms with Gasteiger partial charge >= 0.3 is 0 Å². The lowest BCUT2D eigenvalue weighted by molar-refractivity contribution is 0.0822. The molecule has 14 heavy (non-hydrogen) atoms. The summed E-state index contributed by atoms with van der Waals surface area (Å²) in [6, 6.07) is 3.73. The number of nitrogens with zero attached hydrogens (tertiary/aromatic N) is 2. The molecule has 1 aromatic rings. The fraction of sp³-hybridized carbons (Fsp3) is 0.455. The summed E-state index contributed by atoms with van der Waals surface area (Å²) < 4.78 is 0. The van der Waals surface area contributed by atoms with Crippen LogP contribution in [0.15, 0.2) is 18.3 Å². The van der Waals surface area contributed by atoms with Gasteiger partial charge in [0.1, 0.15) is 5.69 Å².